The maximum Gasteiger partial charge on any atom is 0.165 e. The highest BCUT2D eigenvalue weighted by Gasteiger charge is 2.25. The van der Waals surface area contributed by atoms with Crippen molar-refractivity contribution in [3.05, 3.63) is 35.5 Å². The molecule has 0 saturated carbocycles. The summed E-state index contributed by atoms with van der Waals surface area (Å²) in [5.74, 6) is 1.08. The molecule has 0 saturated heterocycles. The van der Waals surface area contributed by atoms with Gasteiger partial charge < -0.3 is 4.57 Å². The summed E-state index contributed by atoms with van der Waals surface area (Å²) >= 11 is 0. The SMILES string of the molecule is CC(C)CCCn1c2c(c3ccccc31)C(=O)CCC2. The molecule has 1 aromatic heterocycles. The largest absolute Gasteiger partial charge is 0.344 e. The van der Waals surface area contributed by atoms with Gasteiger partial charge in [0.05, 0.1) is 0 Å². The number of fused-ring (bicyclic) bond motifs is 3. The molecular formula is C18H23NO. The fourth-order valence-corrected chi connectivity index (χ4v) is 3.38. The lowest BCUT2D eigenvalue weighted by Gasteiger charge is -2.15. The van der Waals surface area contributed by atoms with Crippen LogP contribution in [0.25, 0.3) is 10.9 Å². The van der Waals surface area contributed by atoms with Gasteiger partial charge in [0.25, 0.3) is 0 Å². The van der Waals surface area contributed by atoms with Gasteiger partial charge in [0.15, 0.2) is 5.78 Å². The van der Waals surface area contributed by atoms with Crippen molar-refractivity contribution in [2.24, 2.45) is 5.92 Å². The summed E-state index contributed by atoms with van der Waals surface area (Å²) in [6.07, 6.45) is 5.21. The Morgan fingerprint density at radius 2 is 2.00 bits per heavy atom. The molecule has 2 aromatic rings. The molecule has 2 nitrogen and oxygen atoms in total. The Labute approximate surface area is 120 Å². The number of ketones is 1. The molecule has 0 unspecified atom stereocenters. The summed E-state index contributed by atoms with van der Waals surface area (Å²) in [5.41, 5.74) is 3.54. The number of carbonyl (C=O) groups excluding carboxylic acids is 1. The van der Waals surface area contributed by atoms with E-state index in [1.54, 1.807) is 0 Å². The molecule has 0 atom stereocenters. The maximum absolute atomic E-state index is 12.3. The van der Waals surface area contributed by atoms with Gasteiger partial charge in [-0.3, -0.25) is 4.79 Å². The number of nitrogens with zero attached hydrogens (tertiary/aromatic N) is 1. The predicted octanol–water partition coefficient (Wildman–Crippen LogP) is 4.60. The van der Waals surface area contributed by atoms with Crippen LogP contribution in [0.2, 0.25) is 0 Å². The molecule has 20 heavy (non-hydrogen) atoms. The minimum Gasteiger partial charge on any atom is -0.344 e. The zero-order valence-electron chi connectivity index (χ0n) is 12.5. The quantitative estimate of drug-likeness (QED) is 0.795. The second-order valence-electron chi connectivity index (χ2n) is 6.30. The maximum atomic E-state index is 12.3. The van der Waals surface area contributed by atoms with Crippen molar-refractivity contribution in [1.29, 1.82) is 0 Å². The smallest absolute Gasteiger partial charge is 0.165 e. The van der Waals surface area contributed by atoms with E-state index < -0.39 is 0 Å². The van der Waals surface area contributed by atoms with Gasteiger partial charge in [-0.15, -0.1) is 0 Å². The number of para-hydroxylation sites is 1. The van der Waals surface area contributed by atoms with Crippen molar-refractivity contribution in [3.8, 4) is 0 Å². The van der Waals surface area contributed by atoms with Gasteiger partial charge in [0, 0.05) is 35.1 Å². The molecule has 0 radical (unpaired) electrons. The van der Waals surface area contributed by atoms with Crippen LogP contribution in [0.1, 0.15) is 55.6 Å². The van der Waals surface area contributed by atoms with Crippen molar-refractivity contribution in [2.75, 3.05) is 0 Å². The molecule has 0 bridgehead atoms. The molecule has 1 aliphatic carbocycles. The van der Waals surface area contributed by atoms with Crippen molar-refractivity contribution in [1.82, 2.24) is 4.57 Å². The average molecular weight is 269 g/mol. The second-order valence-corrected chi connectivity index (χ2v) is 6.30. The average Bonchev–Trinajstić information content (AvgIpc) is 2.75. The van der Waals surface area contributed by atoms with E-state index in [1.165, 1.54) is 24.1 Å². The highest BCUT2D eigenvalue weighted by atomic mass is 16.1. The molecule has 1 aliphatic rings. The molecule has 0 aliphatic heterocycles. The summed E-state index contributed by atoms with van der Waals surface area (Å²) in [7, 11) is 0. The van der Waals surface area contributed by atoms with E-state index in [4.69, 9.17) is 0 Å². The van der Waals surface area contributed by atoms with Crippen LogP contribution in [-0.2, 0) is 13.0 Å². The highest BCUT2D eigenvalue weighted by molar-refractivity contribution is 6.10. The highest BCUT2D eigenvalue weighted by Crippen LogP contribution is 2.32. The third-order valence-electron chi connectivity index (χ3n) is 4.34. The predicted molar refractivity (Wildman–Crippen MR) is 83.3 cm³/mol. The minimum absolute atomic E-state index is 0.338. The Hall–Kier alpha value is -1.57. The molecule has 0 amide bonds. The third-order valence-corrected chi connectivity index (χ3v) is 4.34. The zero-order chi connectivity index (χ0) is 14.1. The first-order valence-electron chi connectivity index (χ1n) is 7.81. The fourth-order valence-electron chi connectivity index (χ4n) is 3.38. The van der Waals surface area contributed by atoms with E-state index in [-0.39, 0.29) is 0 Å². The van der Waals surface area contributed by atoms with Crippen LogP contribution >= 0.6 is 0 Å². The molecule has 0 fully saturated rings. The van der Waals surface area contributed by atoms with Crippen LogP contribution in [0.4, 0.5) is 0 Å². The Kier molecular flexibility index (Phi) is 3.64. The van der Waals surface area contributed by atoms with Gasteiger partial charge in [0.2, 0.25) is 0 Å². The van der Waals surface area contributed by atoms with Crippen LogP contribution < -0.4 is 0 Å². The molecule has 106 valence electrons. The Morgan fingerprint density at radius 3 is 2.80 bits per heavy atom. The van der Waals surface area contributed by atoms with E-state index in [2.05, 4.69) is 36.6 Å². The fraction of sp³-hybridized carbons (Fsp3) is 0.500. The van der Waals surface area contributed by atoms with Gasteiger partial charge >= 0.3 is 0 Å². The first-order chi connectivity index (χ1) is 9.68. The number of aryl methyl sites for hydroxylation is 1. The molecular weight excluding hydrogens is 246 g/mol. The van der Waals surface area contributed by atoms with E-state index in [1.807, 2.05) is 6.07 Å². The number of benzene rings is 1. The van der Waals surface area contributed by atoms with E-state index >= 15 is 0 Å². The molecule has 3 rings (SSSR count). The molecule has 2 heteroatoms. The van der Waals surface area contributed by atoms with E-state index in [0.29, 0.717) is 12.2 Å². The summed E-state index contributed by atoms with van der Waals surface area (Å²) in [4.78, 5) is 12.3. The lowest BCUT2D eigenvalue weighted by molar-refractivity contribution is 0.0973. The number of rotatable bonds is 4. The summed E-state index contributed by atoms with van der Waals surface area (Å²) in [6.45, 7) is 5.58. The van der Waals surface area contributed by atoms with Crippen molar-refractivity contribution in [3.63, 3.8) is 0 Å². The second kappa shape index (κ2) is 5.43. The van der Waals surface area contributed by atoms with Crippen LogP contribution in [0.15, 0.2) is 24.3 Å². The zero-order valence-corrected chi connectivity index (χ0v) is 12.5. The Balaban J connectivity index is 2.04. The van der Waals surface area contributed by atoms with Crippen LogP contribution in [0, 0.1) is 5.92 Å². The monoisotopic (exact) mass is 269 g/mol. The van der Waals surface area contributed by atoms with Gasteiger partial charge in [-0.05, 0) is 37.7 Å². The van der Waals surface area contributed by atoms with Crippen molar-refractivity contribution >= 4 is 16.7 Å². The summed E-state index contributed by atoms with van der Waals surface area (Å²) in [6, 6.07) is 8.40. The number of aromatic nitrogens is 1. The minimum atomic E-state index is 0.338. The topological polar surface area (TPSA) is 22.0 Å². The lowest BCUT2D eigenvalue weighted by atomic mass is 9.94. The van der Waals surface area contributed by atoms with Crippen LogP contribution in [0.5, 0.6) is 0 Å². The van der Waals surface area contributed by atoms with Gasteiger partial charge in [-0.1, -0.05) is 32.0 Å². The first-order valence-corrected chi connectivity index (χ1v) is 7.81. The Bertz CT molecular complexity index is 636. The Morgan fingerprint density at radius 1 is 1.20 bits per heavy atom. The van der Waals surface area contributed by atoms with E-state index in [9.17, 15) is 4.79 Å². The van der Waals surface area contributed by atoms with Gasteiger partial charge in [-0.25, -0.2) is 0 Å². The molecule has 1 aromatic carbocycles. The normalized spacial score (nSPS) is 15.1. The number of hydrogen-bond donors (Lipinski definition) is 0. The molecule has 1 heterocycles. The van der Waals surface area contributed by atoms with Gasteiger partial charge in [0.1, 0.15) is 0 Å². The van der Waals surface area contributed by atoms with Crippen molar-refractivity contribution in [2.45, 2.75) is 52.5 Å². The number of carbonyl (C=O) groups is 1. The molecule has 0 spiro atoms. The third kappa shape index (κ3) is 2.28. The summed E-state index contributed by atoms with van der Waals surface area (Å²) in [5, 5.41) is 1.16. The molecule has 0 N–H and O–H groups in total. The van der Waals surface area contributed by atoms with Gasteiger partial charge in [-0.2, -0.15) is 0 Å². The number of Topliss-reactive ketones (excluding diaryl/α,β-unsaturated/α-hetero) is 1. The van der Waals surface area contributed by atoms with Crippen LogP contribution in [0.3, 0.4) is 0 Å². The lowest BCUT2D eigenvalue weighted by Crippen LogP contribution is -2.13. The first kappa shape index (κ1) is 13.4. The summed E-state index contributed by atoms with van der Waals surface area (Å²) < 4.78 is 2.41. The number of hydrogen-bond acceptors (Lipinski definition) is 1. The van der Waals surface area contributed by atoms with Crippen LogP contribution in [-0.4, -0.2) is 10.4 Å². The van der Waals surface area contributed by atoms with E-state index in [0.717, 1.165) is 36.3 Å². The van der Waals surface area contributed by atoms with Crippen molar-refractivity contribution < 1.29 is 4.79 Å². The standard InChI is InChI=1S/C18H23NO/c1-13(2)7-6-12-19-15-9-4-3-8-14(15)18-16(19)10-5-11-17(18)20/h3-4,8-9,13H,5-7,10-12H2,1-2H3.